The molecule has 0 fully saturated rings. The number of nitrogens with one attached hydrogen (secondary N) is 1. The monoisotopic (exact) mass is 255 g/mol. The zero-order chi connectivity index (χ0) is 12.7. The van der Waals surface area contributed by atoms with Crippen LogP contribution in [0, 0.1) is 0 Å². The van der Waals surface area contributed by atoms with E-state index in [1.54, 1.807) is 0 Å². The molecule has 0 unspecified atom stereocenters. The first-order valence-electron chi connectivity index (χ1n) is 4.43. The predicted molar refractivity (Wildman–Crippen MR) is 53.8 cm³/mol. The van der Waals surface area contributed by atoms with E-state index in [1.807, 2.05) is 5.32 Å². The highest BCUT2D eigenvalue weighted by Crippen LogP contribution is 2.03. The summed E-state index contributed by atoms with van der Waals surface area (Å²) in [5, 5.41) is 38.3. The smallest absolute Gasteiger partial charge is 0.235 e. The Morgan fingerprint density at radius 3 is 2.25 bits per heavy atom. The largest absolute Gasteiger partial charge is 0.394 e. The number of hydrogen-bond acceptors (Lipinski definition) is 6. The Hall–Kier alpha value is -0.730. The molecule has 16 heavy (non-hydrogen) atoms. The summed E-state index contributed by atoms with van der Waals surface area (Å²) in [4.78, 5) is 21.4. The third kappa shape index (κ3) is 4.42. The number of carbonyl (C=O) groups excluding carboxylic acids is 2. The number of amides is 1. The van der Waals surface area contributed by atoms with Gasteiger partial charge in [-0.05, 0) is 0 Å². The normalized spacial score (nSPS) is 18.3. The van der Waals surface area contributed by atoms with E-state index in [0.717, 1.165) is 0 Å². The van der Waals surface area contributed by atoms with Gasteiger partial charge in [0.25, 0.3) is 0 Å². The van der Waals surface area contributed by atoms with Crippen molar-refractivity contribution in [2.45, 2.75) is 24.4 Å². The van der Waals surface area contributed by atoms with E-state index in [4.69, 9.17) is 21.8 Å². The minimum atomic E-state index is -1.75. The molecule has 0 aromatic rings. The SMILES string of the molecule is O=C[C@@H](NC(=O)CCl)[C@@H](O)[C@H](O)[C@H](O)CO. The first-order valence-corrected chi connectivity index (χ1v) is 4.97. The molecule has 0 aromatic carbocycles. The van der Waals surface area contributed by atoms with E-state index in [9.17, 15) is 19.8 Å². The Morgan fingerprint density at radius 1 is 1.31 bits per heavy atom. The Morgan fingerprint density at radius 2 is 1.88 bits per heavy atom. The molecule has 0 aliphatic carbocycles. The number of hydrogen-bond donors (Lipinski definition) is 5. The highest BCUT2D eigenvalue weighted by molar-refractivity contribution is 6.27. The van der Waals surface area contributed by atoms with Gasteiger partial charge in [0.05, 0.1) is 6.61 Å². The molecule has 7 nitrogen and oxygen atoms in total. The van der Waals surface area contributed by atoms with E-state index < -0.39 is 42.7 Å². The van der Waals surface area contributed by atoms with E-state index >= 15 is 0 Å². The molecule has 8 heteroatoms. The lowest BCUT2D eigenvalue weighted by Crippen LogP contribution is -2.53. The quantitative estimate of drug-likeness (QED) is 0.243. The number of aldehydes is 1. The van der Waals surface area contributed by atoms with Gasteiger partial charge in [0.1, 0.15) is 36.5 Å². The number of aliphatic hydroxyl groups is 4. The zero-order valence-corrected chi connectivity index (χ0v) is 9.04. The van der Waals surface area contributed by atoms with Crippen molar-refractivity contribution in [1.82, 2.24) is 5.32 Å². The average Bonchev–Trinajstić information content (AvgIpc) is 2.32. The van der Waals surface area contributed by atoms with Crippen molar-refractivity contribution in [3.05, 3.63) is 0 Å². The Kier molecular flexibility index (Phi) is 7.18. The first-order chi connectivity index (χ1) is 7.47. The molecular weight excluding hydrogens is 242 g/mol. The van der Waals surface area contributed by atoms with Crippen LogP contribution in [0.2, 0.25) is 0 Å². The number of carbonyl (C=O) groups is 2. The number of aliphatic hydroxyl groups excluding tert-OH is 4. The van der Waals surface area contributed by atoms with Gasteiger partial charge in [-0.15, -0.1) is 11.6 Å². The highest BCUT2D eigenvalue weighted by atomic mass is 35.5. The van der Waals surface area contributed by atoms with E-state index in [-0.39, 0.29) is 6.29 Å². The number of alkyl halides is 1. The van der Waals surface area contributed by atoms with Crippen LogP contribution in [0.3, 0.4) is 0 Å². The minimum Gasteiger partial charge on any atom is -0.394 e. The van der Waals surface area contributed by atoms with Gasteiger partial charge in [-0.25, -0.2) is 0 Å². The van der Waals surface area contributed by atoms with Crippen molar-refractivity contribution in [3.63, 3.8) is 0 Å². The lowest BCUT2D eigenvalue weighted by atomic mass is 10.0. The Labute approximate surface area is 96.6 Å². The van der Waals surface area contributed by atoms with Gasteiger partial charge >= 0.3 is 0 Å². The van der Waals surface area contributed by atoms with Crippen LogP contribution in [0.25, 0.3) is 0 Å². The summed E-state index contributed by atoms with van der Waals surface area (Å²) >= 11 is 5.17. The average molecular weight is 256 g/mol. The molecule has 0 spiro atoms. The van der Waals surface area contributed by atoms with Crippen LogP contribution in [-0.4, -0.2) is 69.5 Å². The summed E-state index contributed by atoms with van der Waals surface area (Å²) in [6.45, 7) is -0.784. The van der Waals surface area contributed by atoms with Crippen molar-refractivity contribution in [3.8, 4) is 0 Å². The van der Waals surface area contributed by atoms with Crippen molar-refractivity contribution < 1.29 is 30.0 Å². The molecule has 0 aromatic heterocycles. The van der Waals surface area contributed by atoms with Crippen LogP contribution >= 0.6 is 11.6 Å². The fourth-order valence-electron chi connectivity index (χ4n) is 0.972. The molecule has 0 heterocycles. The van der Waals surface area contributed by atoms with Crippen molar-refractivity contribution in [2.75, 3.05) is 12.5 Å². The molecule has 0 rings (SSSR count). The van der Waals surface area contributed by atoms with Gasteiger partial charge in [0.2, 0.25) is 5.91 Å². The van der Waals surface area contributed by atoms with Crippen LogP contribution in [0.5, 0.6) is 0 Å². The summed E-state index contributed by atoms with van der Waals surface area (Å²) in [7, 11) is 0. The molecule has 0 bridgehead atoms. The maximum absolute atomic E-state index is 10.8. The van der Waals surface area contributed by atoms with Crippen LogP contribution in [0.4, 0.5) is 0 Å². The molecule has 94 valence electrons. The van der Waals surface area contributed by atoms with Crippen LogP contribution in [0.15, 0.2) is 0 Å². The Bertz CT molecular complexity index is 239. The second-order valence-corrected chi connectivity index (χ2v) is 3.36. The third-order valence-electron chi connectivity index (χ3n) is 1.89. The van der Waals surface area contributed by atoms with Crippen molar-refractivity contribution >= 4 is 23.8 Å². The molecule has 0 aliphatic rings. The van der Waals surface area contributed by atoms with Gasteiger partial charge < -0.3 is 30.5 Å². The van der Waals surface area contributed by atoms with E-state index in [0.29, 0.717) is 0 Å². The van der Waals surface area contributed by atoms with Gasteiger partial charge in [0, 0.05) is 0 Å². The lowest BCUT2D eigenvalue weighted by molar-refractivity contribution is -0.129. The minimum absolute atomic E-state index is 0.197. The van der Waals surface area contributed by atoms with E-state index in [1.165, 1.54) is 0 Å². The summed E-state index contributed by atoms with van der Waals surface area (Å²) in [6.07, 6.45) is -4.89. The molecule has 4 atom stereocenters. The fraction of sp³-hybridized carbons (Fsp3) is 0.750. The van der Waals surface area contributed by atoms with Crippen LogP contribution in [-0.2, 0) is 9.59 Å². The van der Waals surface area contributed by atoms with E-state index in [2.05, 4.69) is 0 Å². The lowest BCUT2D eigenvalue weighted by Gasteiger charge is -2.25. The standard InChI is InChI=1S/C8H14ClNO6/c9-1-6(14)10-4(2-11)7(15)8(16)5(13)3-12/h2,4-5,7-8,12-13,15-16H,1,3H2,(H,10,14)/t4-,5-,7-,8-/m1/s1. The van der Waals surface area contributed by atoms with Gasteiger partial charge in [-0.1, -0.05) is 0 Å². The number of halogens is 1. The molecule has 1 amide bonds. The van der Waals surface area contributed by atoms with Crippen LogP contribution < -0.4 is 5.32 Å². The maximum atomic E-state index is 10.8. The fourth-order valence-corrected chi connectivity index (χ4v) is 1.05. The predicted octanol–water partition coefficient (Wildman–Crippen LogP) is -3.02. The third-order valence-corrected chi connectivity index (χ3v) is 2.14. The molecule has 5 N–H and O–H groups in total. The van der Waals surface area contributed by atoms with Crippen molar-refractivity contribution in [1.29, 1.82) is 0 Å². The molecule has 0 saturated carbocycles. The van der Waals surface area contributed by atoms with Crippen LogP contribution in [0.1, 0.15) is 0 Å². The second-order valence-electron chi connectivity index (χ2n) is 3.09. The van der Waals surface area contributed by atoms with Gasteiger partial charge in [0.15, 0.2) is 0 Å². The Balaban J connectivity index is 4.45. The van der Waals surface area contributed by atoms with Gasteiger partial charge in [-0.2, -0.15) is 0 Å². The topological polar surface area (TPSA) is 127 Å². The molecular formula is C8H14ClNO6. The van der Waals surface area contributed by atoms with Gasteiger partial charge in [-0.3, -0.25) is 4.79 Å². The zero-order valence-electron chi connectivity index (χ0n) is 8.28. The number of rotatable bonds is 7. The summed E-state index contributed by atoms with van der Waals surface area (Å²) in [5.41, 5.74) is 0. The molecule has 0 saturated heterocycles. The highest BCUT2D eigenvalue weighted by Gasteiger charge is 2.31. The summed E-state index contributed by atoms with van der Waals surface area (Å²) in [5.74, 6) is -1.11. The maximum Gasteiger partial charge on any atom is 0.235 e. The summed E-state index contributed by atoms with van der Waals surface area (Å²) < 4.78 is 0. The van der Waals surface area contributed by atoms with Crippen molar-refractivity contribution in [2.24, 2.45) is 0 Å². The second kappa shape index (κ2) is 7.53. The summed E-state index contributed by atoms with van der Waals surface area (Å²) in [6, 6.07) is -1.40. The molecule has 0 radical (unpaired) electrons. The molecule has 0 aliphatic heterocycles. The first kappa shape index (κ1) is 15.3.